The predicted molar refractivity (Wildman–Crippen MR) is 51.5 cm³/mol. The van der Waals surface area contributed by atoms with Crippen LogP contribution in [-0.2, 0) is 0 Å². The molecule has 0 aromatic carbocycles. The van der Waals surface area contributed by atoms with Gasteiger partial charge in [0.15, 0.2) is 0 Å². The zero-order valence-electron chi connectivity index (χ0n) is 6.27. The molecule has 1 heterocycles. The van der Waals surface area contributed by atoms with E-state index in [4.69, 9.17) is 11.6 Å². The zero-order chi connectivity index (χ0) is 9.14. The van der Waals surface area contributed by atoms with Gasteiger partial charge >= 0.3 is 5.37 Å². The molecule has 0 spiro atoms. The van der Waals surface area contributed by atoms with E-state index >= 15 is 0 Å². The molecule has 12 heavy (non-hydrogen) atoms. The van der Waals surface area contributed by atoms with Crippen molar-refractivity contribution in [2.24, 2.45) is 0 Å². The number of aromatic nitrogens is 1. The number of amides is 1. The van der Waals surface area contributed by atoms with Gasteiger partial charge in [-0.1, -0.05) is 0 Å². The molecule has 0 atom stereocenters. The molecular formula is C7H6BrClN2O. The van der Waals surface area contributed by atoms with Crippen molar-refractivity contribution in [2.45, 2.75) is 6.92 Å². The Kier molecular flexibility index (Phi) is 3.05. The van der Waals surface area contributed by atoms with Crippen LogP contribution in [0.5, 0.6) is 0 Å². The topological polar surface area (TPSA) is 42.0 Å². The Morgan fingerprint density at radius 1 is 1.75 bits per heavy atom. The number of carbonyl (C=O) groups is 1. The van der Waals surface area contributed by atoms with Crippen LogP contribution in [0.3, 0.4) is 0 Å². The third-order valence-electron chi connectivity index (χ3n) is 1.21. The molecule has 1 rings (SSSR count). The molecule has 0 saturated carbocycles. The van der Waals surface area contributed by atoms with Crippen molar-refractivity contribution >= 4 is 38.6 Å². The van der Waals surface area contributed by atoms with Gasteiger partial charge in [-0.3, -0.25) is 4.79 Å². The smallest absolute Gasteiger partial charge is 0.310 e. The summed E-state index contributed by atoms with van der Waals surface area (Å²) in [5, 5.41) is 1.81. The van der Waals surface area contributed by atoms with Crippen LogP contribution >= 0.6 is 27.5 Å². The quantitative estimate of drug-likeness (QED) is 0.472. The average Bonchev–Trinajstić information content (AvgIpc) is 1.96. The highest BCUT2D eigenvalue weighted by Gasteiger charge is 2.03. The van der Waals surface area contributed by atoms with Crippen LogP contribution in [0.2, 0.25) is 0 Å². The molecule has 0 unspecified atom stereocenters. The Balaban J connectivity index is 2.97. The summed E-state index contributed by atoms with van der Waals surface area (Å²) in [6, 6.07) is 1.78. The van der Waals surface area contributed by atoms with Crippen molar-refractivity contribution in [3.8, 4) is 0 Å². The van der Waals surface area contributed by atoms with Crippen molar-refractivity contribution in [1.29, 1.82) is 0 Å². The molecular weight excluding hydrogens is 243 g/mol. The van der Waals surface area contributed by atoms with Crippen LogP contribution in [0.15, 0.2) is 16.9 Å². The van der Waals surface area contributed by atoms with E-state index < -0.39 is 5.37 Å². The summed E-state index contributed by atoms with van der Waals surface area (Å²) in [4.78, 5) is 14.5. The van der Waals surface area contributed by atoms with Crippen LogP contribution in [0.4, 0.5) is 10.5 Å². The van der Waals surface area contributed by atoms with Crippen LogP contribution < -0.4 is 5.32 Å². The molecule has 0 saturated heterocycles. The molecule has 1 aromatic rings. The molecule has 0 fully saturated rings. The van der Waals surface area contributed by atoms with Gasteiger partial charge in [-0.05, 0) is 46.1 Å². The summed E-state index contributed by atoms with van der Waals surface area (Å²) in [6.07, 6.45) is 1.69. The number of halogens is 2. The molecule has 0 bridgehead atoms. The molecule has 3 nitrogen and oxygen atoms in total. The molecule has 0 aliphatic carbocycles. The van der Waals surface area contributed by atoms with E-state index in [1.54, 1.807) is 12.3 Å². The molecule has 5 heteroatoms. The maximum Gasteiger partial charge on any atom is 0.318 e. The average molecular weight is 249 g/mol. The number of rotatable bonds is 1. The first kappa shape index (κ1) is 9.48. The summed E-state index contributed by atoms with van der Waals surface area (Å²) in [7, 11) is 0. The fourth-order valence-electron chi connectivity index (χ4n) is 0.746. The third kappa shape index (κ3) is 2.46. The maximum absolute atomic E-state index is 10.5. The Morgan fingerprint density at radius 2 is 2.42 bits per heavy atom. The Hall–Kier alpha value is -0.610. The predicted octanol–water partition coefficient (Wildman–Crippen LogP) is 2.92. The summed E-state index contributed by atoms with van der Waals surface area (Å²) in [5.74, 6) is 0. The molecule has 1 N–H and O–H groups in total. The first-order valence-corrected chi connectivity index (χ1v) is 4.35. The van der Waals surface area contributed by atoms with Crippen molar-refractivity contribution in [3.05, 3.63) is 22.4 Å². The van der Waals surface area contributed by atoms with E-state index in [-0.39, 0.29) is 0 Å². The van der Waals surface area contributed by atoms with Crippen molar-refractivity contribution in [3.63, 3.8) is 0 Å². The zero-order valence-corrected chi connectivity index (χ0v) is 8.61. The second-order valence-electron chi connectivity index (χ2n) is 2.25. The van der Waals surface area contributed by atoms with Gasteiger partial charge in [0.2, 0.25) is 0 Å². The van der Waals surface area contributed by atoms with Gasteiger partial charge in [0.25, 0.3) is 0 Å². The number of hydrogen-bond donors (Lipinski definition) is 1. The Bertz CT molecular complexity index is 316. The van der Waals surface area contributed by atoms with Gasteiger partial charge in [0.1, 0.15) is 4.60 Å². The van der Waals surface area contributed by atoms with Crippen molar-refractivity contribution in [2.75, 3.05) is 5.32 Å². The normalized spacial score (nSPS) is 9.58. The van der Waals surface area contributed by atoms with Gasteiger partial charge in [-0.15, -0.1) is 0 Å². The minimum absolute atomic E-state index is 0.571. The van der Waals surface area contributed by atoms with Gasteiger partial charge in [-0.25, -0.2) is 4.98 Å². The lowest BCUT2D eigenvalue weighted by Gasteiger charge is -2.03. The molecule has 0 aliphatic heterocycles. The van der Waals surface area contributed by atoms with E-state index in [0.29, 0.717) is 10.3 Å². The van der Waals surface area contributed by atoms with E-state index in [0.717, 1.165) is 5.56 Å². The van der Waals surface area contributed by atoms with Gasteiger partial charge in [0, 0.05) is 6.20 Å². The fourth-order valence-corrected chi connectivity index (χ4v) is 1.16. The number of aryl methyl sites for hydroxylation is 1. The number of nitrogens with zero attached hydrogens (tertiary/aromatic N) is 1. The Morgan fingerprint density at radius 3 is 3.00 bits per heavy atom. The number of hydrogen-bond acceptors (Lipinski definition) is 2. The highest BCUT2D eigenvalue weighted by molar-refractivity contribution is 9.10. The lowest BCUT2D eigenvalue weighted by atomic mass is 10.3. The van der Waals surface area contributed by atoms with E-state index in [9.17, 15) is 4.79 Å². The lowest BCUT2D eigenvalue weighted by molar-refractivity contribution is 0.269. The van der Waals surface area contributed by atoms with Gasteiger partial charge in [0.05, 0.1) is 5.69 Å². The summed E-state index contributed by atoms with van der Waals surface area (Å²) in [6.45, 7) is 1.88. The second kappa shape index (κ2) is 3.87. The minimum Gasteiger partial charge on any atom is -0.310 e. The van der Waals surface area contributed by atoms with E-state index in [1.165, 1.54) is 0 Å². The van der Waals surface area contributed by atoms with Crippen LogP contribution in [0, 0.1) is 6.92 Å². The number of pyridine rings is 1. The number of anilines is 1. The van der Waals surface area contributed by atoms with Gasteiger partial charge in [-0.2, -0.15) is 0 Å². The van der Waals surface area contributed by atoms with E-state index in [2.05, 4.69) is 26.2 Å². The lowest BCUT2D eigenvalue weighted by Crippen LogP contribution is -2.02. The monoisotopic (exact) mass is 248 g/mol. The molecule has 1 amide bonds. The summed E-state index contributed by atoms with van der Waals surface area (Å²) in [5.41, 5.74) is 1.54. The fraction of sp³-hybridized carbons (Fsp3) is 0.143. The standard InChI is InChI=1S/C7H6BrClN2O/c1-4-2-5(11-7(9)12)6(8)10-3-4/h2-3H,1H3,(H,11,12). The summed E-state index contributed by atoms with van der Waals surface area (Å²) < 4.78 is 0.571. The number of nitrogens with one attached hydrogen (secondary N) is 1. The second-order valence-corrected chi connectivity index (χ2v) is 3.34. The largest absolute Gasteiger partial charge is 0.318 e. The molecule has 64 valence electrons. The number of carbonyl (C=O) groups excluding carboxylic acids is 1. The first-order valence-electron chi connectivity index (χ1n) is 3.18. The van der Waals surface area contributed by atoms with Crippen LogP contribution in [0.25, 0.3) is 0 Å². The first-order chi connectivity index (χ1) is 5.59. The van der Waals surface area contributed by atoms with E-state index in [1.807, 2.05) is 6.92 Å². The maximum atomic E-state index is 10.5. The van der Waals surface area contributed by atoms with Crippen LogP contribution in [0.1, 0.15) is 5.56 Å². The highest BCUT2D eigenvalue weighted by atomic mass is 79.9. The van der Waals surface area contributed by atoms with Crippen molar-refractivity contribution in [1.82, 2.24) is 4.98 Å². The molecule has 0 aliphatic rings. The molecule has 0 radical (unpaired) electrons. The Labute approximate surface area is 83.3 Å². The molecule has 1 aromatic heterocycles. The summed E-state index contributed by atoms with van der Waals surface area (Å²) >= 11 is 8.31. The van der Waals surface area contributed by atoms with Crippen molar-refractivity contribution < 1.29 is 4.79 Å². The third-order valence-corrected chi connectivity index (χ3v) is 1.94. The SMILES string of the molecule is Cc1cnc(Br)c(NC(=O)Cl)c1. The highest BCUT2D eigenvalue weighted by Crippen LogP contribution is 2.20. The minimum atomic E-state index is -0.622. The van der Waals surface area contributed by atoms with Crippen LogP contribution in [-0.4, -0.2) is 10.4 Å². The van der Waals surface area contributed by atoms with Gasteiger partial charge < -0.3 is 5.32 Å².